The van der Waals surface area contributed by atoms with E-state index < -0.39 is 84.9 Å². The Balaban J connectivity index is 1.05. The van der Waals surface area contributed by atoms with Gasteiger partial charge in [0, 0.05) is 0 Å². The molecule has 7 aromatic rings. The van der Waals surface area contributed by atoms with Gasteiger partial charge < -0.3 is 52.5 Å². The van der Waals surface area contributed by atoms with Crippen molar-refractivity contribution in [2.24, 2.45) is 0 Å². The first kappa shape index (κ1) is 54.8. The minimum Gasteiger partial charge on any atom is -0.497 e. The molecule has 11 rings (SSSR count). The second-order valence-electron chi connectivity index (χ2n) is 19.9. The predicted octanol–water partition coefficient (Wildman–Crippen LogP) is 8.21. The molecular formula is C64H60N2O15. The number of aliphatic hydroxyl groups is 1. The highest BCUT2D eigenvalue weighted by Crippen LogP contribution is 2.41. The van der Waals surface area contributed by atoms with E-state index >= 15 is 0 Å². The minimum atomic E-state index is -1.66. The molecule has 1 N–H and O–H groups in total. The summed E-state index contributed by atoms with van der Waals surface area (Å²) < 4.78 is 65.6. The average Bonchev–Trinajstić information content (AvgIpc) is 4.19. The van der Waals surface area contributed by atoms with Gasteiger partial charge >= 0.3 is 0 Å². The number of ether oxygens (including phenoxy) is 10. The highest BCUT2D eigenvalue weighted by Gasteiger charge is 2.60. The fourth-order valence-electron chi connectivity index (χ4n) is 10.7. The molecule has 0 radical (unpaired) electrons. The molecule has 4 heterocycles. The molecule has 0 spiro atoms. The van der Waals surface area contributed by atoms with Gasteiger partial charge in [0.15, 0.2) is 6.29 Å². The number of benzene rings is 7. The van der Waals surface area contributed by atoms with Crippen molar-refractivity contribution < 1.29 is 71.7 Å². The number of carbonyl (C=O) groups is 4. The maximum absolute atomic E-state index is 15.0. The number of fused-ring (bicyclic) bond motifs is 2. The van der Waals surface area contributed by atoms with Crippen LogP contribution in [-0.2, 0) is 59.6 Å². The summed E-state index contributed by atoms with van der Waals surface area (Å²) in [5, 5.41) is 12.6. The number of methoxy groups -OCH3 is 2. The van der Waals surface area contributed by atoms with Crippen LogP contribution in [0.4, 0.5) is 0 Å². The van der Waals surface area contributed by atoms with Gasteiger partial charge in [-0.3, -0.25) is 29.0 Å². The molecule has 17 heteroatoms. The van der Waals surface area contributed by atoms with Crippen LogP contribution in [0.5, 0.6) is 17.2 Å². The van der Waals surface area contributed by atoms with Crippen LogP contribution >= 0.6 is 0 Å². The minimum absolute atomic E-state index is 0.0596. The molecule has 2 fully saturated rings. The van der Waals surface area contributed by atoms with Crippen molar-refractivity contribution in [1.82, 2.24) is 9.80 Å². The summed E-state index contributed by atoms with van der Waals surface area (Å²) in [4.78, 5) is 61.8. The zero-order valence-corrected chi connectivity index (χ0v) is 44.5. The third-order valence-electron chi connectivity index (χ3n) is 14.8. The fourth-order valence-corrected chi connectivity index (χ4v) is 10.7. The molecule has 0 aromatic heterocycles. The van der Waals surface area contributed by atoms with Crippen LogP contribution in [0, 0.1) is 0 Å². The number of nitrogens with zero attached hydrogens (tertiary/aromatic N) is 2. The summed E-state index contributed by atoms with van der Waals surface area (Å²) in [6.45, 7) is -0.329. The van der Waals surface area contributed by atoms with Crippen LogP contribution < -0.4 is 14.2 Å². The maximum atomic E-state index is 15.0. The van der Waals surface area contributed by atoms with Crippen LogP contribution in [0.25, 0.3) is 0 Å². The first-order chi connectivity index (χ1) is 39.7. The van der Waals surface area contributed by atoms with Crippen molar-refractivity contribution in [2.75, 3.05) is 27.4 Å². The monoisotopic (exact) mass is 1100 g/mol. The lowest BCUT2D eigenvalue weighted by Gasteiger charge is -2.51. The summed E-state index contributed by atoms with van der Waals surface area (Å²) in [6.07, 6.45) is -11.2. The number of imide groups is 2. The Bertz CT molecular complexity index is 3210. The molecule has 4 aliphatic rings. The van der Waals surface area contributed by atoms with E-state index in [1.807, 2.05) is 115 Å². The zero-order chi connectivity index (χ0) is 55.8. The number of hydrogen-bond donors (Lipinski definition) is 1. The normalized spacial score (nSPS) is 24.2. The lowest BCUT2D eigenvalue weighted by atomic mass is 9.92. The average molecular weight is 1100 g/mol. The van der Waals surface area contributed by atoms with E-state index in [-0.39, 0.29) is 61.9 Å². The van der Waals surface area contributed by atoms with Crippen molar-refractivity contribution in [3.63, 3.8) is 0 Å². The number of aliphatic hydroxyl groups excluding tert-OH is 1. The second-order valence-corrected chi connectivity index (χ2v) is 19.9. The Morgan fingerprint density at radius 1 is 0.407 bits per heavy atom. The van der Waals surface area contributed by atoms with Gasteiger partial charge in [0.1, 0.15) is 66.0 Å². The first-order valence-electron chi connectivity index (χ1n) is 26.7. The van der Waals surface area contributed by atoms with E-state index in [2.05, 4.69) is 0 Å². The molecule has 4 amide bonds. The summed E-state index contributed by atoms with van der Waals surface area (Å²) >= 11 is 0. The maximum Gasteiger partial charge on any atom is 0.262 e. The second kappa shape index (κ2) is 25.1. The lowest BCUT2D eigenvalue weighted by molar-refractivity contribution is -0.342. The molecule has 10 unspecified atom stereocenters. The molecule has 4 aliphatic heterocycles. The SMILES string of the molecule is COc1ccc(COCC2OC(Oc3ccc(OC)cc3)C(N3C(=O)c4ccccc4C3=O)C(OCc3ccccc3)C2OC2OC(COCc3ccccc3)C(O)C(OCc3ccccc3)C2N2C(=O)c3ccccc3C2=O)cc1. The number of rotatable bonds is 22. The largest absolute Gasteiger partial charge is 0.497 e. The molecule has 2 saturated heterocycles. The quantitative estimate of drug-likeness (QED) is 0.0640. The first-order valence-corrected chi connectivity index (χ1v) is 26.7. The van der Waals surface area contributed by atoms with Gasteiger partial charge in [0.05, 0.1) is 76.1 Å². The van der Waals surface area contributed by atoms with Crippen LogP contribution in [0.3, 0.4) is 0 Å². The van der Waals surface area contributed by atoms with Crippen molar-refractivity contribution in [3.8, 4) is 17.2 Å². The van der Waals surface area contributed by atoms with Gasteiger partial charge in [-0.15, -0.1) is 0 Å². The van der Waals surface area contributed by atoms with E-state index in [0.717, 1.165) is 32.1 Å². The van der Waals surface area contributed by atoms with Crippen LogP contribution in [0.1, 0.15) is 63.7 Å². The molecule has 81 heavy (non-hydrogen) atoms. The Hall–Kier alpha value is -8.10. The highest BCUT2D eigenvalue weighted by atomic mass is 16.7. The number of hydrogen-bond acceptors (Lipinski definition) is 15. The zero-order valence-electron chi connectivity index (χ0n) is 44.5. The van der Waals surface area contributed by atoms with Crippen LogP contribution in [0.2, 0.25) is 0 Å². The third-order valence-corrected chi connectivity index (χ3v) is 14.8. The van der Waals surface area contributed by atoms with Crippen molar-refractivity contribution in [3.05, 3.63) is 233 Å². The third kappa shape index (κ3) is 11.9. The van der Waals surface area contributed by atoms with Crippen LogP contribution in [-0.4, -0.2) is 127 Å². The van der Waals surface area contributed by atoms with Gasteiger partial charge in [-0.2, -0.15) is 0 Å². The van der Waals surface area contributed by atoms with Gasteiger partial charge in [0.2, 0.25) is 6.29 Å². The van der Waals surface area contributed by atoms with Gasteiger partial charge in [-0.1, -0.05) is 127 Å². The van der Waals surface area contributed by atoms with E-state index in [9.17, 15) is 24.3 Å². The summed E-state index contributed by atoms with van der Waals surface area (Å²) in [5.41, 5.74) is 3.69. The van der Waals surface area contributed by atoms with Gasteiger partial charge in [-0.25, -0.2) is 0 Å². The van der Waals surface area contributed by atoms with E-state index in [1.54, 1.807) is 79.9 Å². The molecule has 0 aliphatic carbocycles. The lowest BCUT2D eigenvalue weighted by Crippen LogP contribution is -2.71. The number of amides is 4. The molecule has 416 valence electrons. The standard InChI is InChI=1S/C64H60N2O15/c1-72-44-28-26-43(27-29-44)35-75-39-52-56(58(77-37-42-20-10-5-11-21-42)54(63(80-52)78-46-32-30-45(73-2)31-33-46)66-61(70)49-24-14-15-25-50(49)62(66)71)81-64-53(65-59(68)47-22-12-13-23-48(47)60(65)69)57(76-36-41-18-8-4-9-19-41)55(67)51(79-64)38-74-34-40-16-6-3-7-17-40/h3-33,51-58,63-64,67H,34-39H2,1-2H3. The van der Waals surface area contributed by atoms with E-state index in [4.69, 9.17) is 47.4 Å². The molecule has 0 bridgehead atoms. The molecule has 7 aromatic carbocycles. The van der Waals surface area contributed by atoms with E-state index in [0.29, 0.717) is 17.2 Å². The summed E-state index contributed by atoms with van der Waals surface area (Å²) in [5.74, 6) is -1.13. The van der Waals surface area contributed by atoms with Crippen molar-refractivity contribution in [1.29, 1.82) is 0 Å². The molecule has 0 saturated carbocycles. The van der Waals surface area contributed by atoms with Crippen molar-refractivity contribution in [2.45, 2.75) is 87.7 Å². The Kier molecular flexibility index (Phi) is 17.0. The van der Waals surface area contributed by atoms with Gasteiger partial charge in [-0.05, 0) is 82.9 Å². The van der Waals surface area contributed by atoms with E-state index in [1.165, 1.54) is 7.11 Å². The Labute approximate surface area is 468 Å². The Morgan fingerprint density at radius 3 is 1.25 bits per heavy atom. The highest BCUT2D eigenvalue weighted by molar-refractivity contribution is 6.22. The van der Waals surface area contributed by atoms with Gasteiger partial charge in [0.25, 0.3) is 23.6 Å². The predicted molar refractivity (Wildman–Crippen MR) is 292 cm³/mol. The summed E-state index contributed by atoms with van der Waals surface area (Å²) in [7, 11) is 3.12. The molecule has 10 atom stereocenters. The smallest absolute Gasteiger partial charge is 0.262 e. The topological polar surface area (TPSA) is 187 Å². The Morgan fingerprint density at radius 2 is 0.778 bits per heavy atom. The molecule has 17 nitrogen and oxygen atoms in total. The number of carbonyl (C=O) groups excluding carboxylic acids is 4. The summed E-state index contributed by atoms with van der Waals surface area (Å²) in [6, 6.07) is 52.1. The van der Waals surface area contributed by atoms with Crippen LogP contribution in [0.15, 0.2) is 188 Å². The molecular weight excluding hydrogens is 1040 g/mol. The van der Waals surface area contributed by atoms with Crippen molar-refractivity contribution >= 4 is 23.6 Å². The fraction of sp³-hybridized carbons (Fsp3) is 0.281.